The molecule has 4 heteroatoms. The first-order chi connectivity index (χ1) is 9.45. The Bertz CT molecular complexity index is 435. The van der Waals surface area contributed by atoms with Crippen LogP contribution in [0.1, 0.15) is 38.3 Å². The van der Waals surface area contributed by atoms with Crippen LogP contribution >= 0.6 is 11.6 Å². The third-order valence-corrected chi connectivity index (χ3v) is 4.54. The van der Waals surface area contributed by atoms with Crippen molar-refractivity contribution < 1.29 is 4.74 Å². The van der Waals surface area contributed by atoms with Crippen LogP contribution in [0.2, 0.25) is 5.02 Å². The predicted octanol–water partition coefficient (Wildman–Crippen LogP) is 3.23. The Balaban J connectivity index is 2.22. The molecule has 112 valence electrons. The van der Waals surface area contributed by atoms with Crippen LogP contribution in [0.5, 0.6) is 0 Å². The third kappa shape index (κ3) is 3.53. The van der Waals surface area contributed by atoms with E-state index in [2.05, 4.69) is 30.9 Å². The normalized spacial score (nSPS) is 27.2. The summed E-state index contributed by atoms with van der Waals surface area (Å²) in [6.07, 6.45) is 2.24. The largest absolute Gasteiger partial charge is 0.377 e. The Hall–Kier alpha value is -0.610. The number of hydrogen-bond acceptors (Lipinski definition) is 3. The highest BCUT2D eigenvalue weighted by molar-refractivity contribution is 6.30. The lowest BCUT2D eigenvalue weighted by Gasteiger charge is -2.44. The zero-order valence-electron chi connectivity index (χ0n) is 12.6. The average Bonchev–Trinajstić information content (AvgIpc) is 2.41. The molecule has 0 amide bonds. The minimum atomic E-state index is -0.0716. The predicted molar refractivity (Wildman–Crippen MR) is 84.1 cm³/mol. The Labute approximate surface area is 127 Å². The zero-order valence-corrected chi connectivity index (χ0v) is 13.4. The number of nitrogens with zero attached hydrogens (tertiary/aromatic N) is 1. The summed E-state index contributed by atoms with van der Waals surface area (Å²) in [6, 6.07) is 8.30. The van der Waals surface area contributed by atoms with E-state index >= 15 is 0 Å². The maximum Gasteiger partial charge on any atom is 0.0777 e. The maximum absolute atomic E-state index is 6.25. The SMILES string of the molecule is COC1(C)CCCN(C(c2ccc(Cl)cc2)C(C)N)C1. The van der Waals surface area contributed by atoms with Crippen LogP contribution in [0.4, 0.5) is 0 Å². The first-order valence-corrected chi connectivity index (χ1v) is 7.63. The van der Waals surface area contributed by atoms with E-state index in [-0.39, 0.29) is 17.7 Å². The van der Waals surface area contributed by atoms with Crippen molar-refractivity contribution in [1.82, 2.24) is 4.90 Å². The molecule has 3 nitrogen and oxygen atoms in total. The van der Waals surface area contributed by atoms with Gasteiger partial charge in [-0.05, 0) is 50.9 Å². The molecule has 0 aromatic heterocycles. The molecule has 2 rings (SSSR count). The minimum Gasteiger partial charge on any atom is -0.377 e. The summed E-state index contributed by atoms with van der Waals surface area (Å²) in [5, 5.41) is 0.762. The van der Waals surface area contributed by atoms with E-state index < -0.39 is 0 Å². The van der Waals surface area contributed by atoms with Crippen molar-refractivity contribution in [1.29, 1.82) is 0 Å². The van der Waals surface area contributed by atoms with Gasteiger partial charge in [-0.15, -0.1) is 0 Å². The molecular weight excluding hydrogens is 272 g/mol. The number of ether oxygens (including phenoxy) is 1. The molecule has 0 bridgehead atoms. The van der Waals surface area contributed by atoms with Crippen molar-refractivity contribution in [3.05, 3.63) is 34.9 Å². The van der Waals surface area contributed by atoms with Gasteiger partial charge in [-0.3, -0.25) is 4.90 Å². The van der Waals surface area contributed by atoms with E-state index in [9.17, 15) is 0 Å². The molecule has 1 heterocycles. The molecule has 0 radical (unpaired) electrons. The van der Waals surface area contributed by atoms with Gasteiger partial charge in [-0.1, -0.05) is 23.7 Å². The molecule has 1 aliphatic heterocycles. The van der Waals surface area contributed by atoms with Crippen LogP contribution < -0.4 is 5.73 Å². The number of nitrogens with two attached hydrogens (primary N) is 1. The first-order valence-electron chi connectivity index (χ1n) is 7.25. The highest BCUT2D eigenvalue weighted by Crippen LogP contribution is 2.32. The lowest BCUT2D eigenvalue weighted by molar-refractivity contribution is -0.0637. The van der Waals surface area contributed by atoms with Crippen molar-refractivity contribution in [3.8, 4) is 0 Å². The number of rotatable bonds is 4. The van der Waals surface area contributed by atoms with Gasteiger partial charge >= 0.3 is 0 Å². The quantitative estimate of drug-likeness (QED) is 0.927. The monoisotopic (exact) mass is 296 g/mol. The Morgan fingerprint density at radius 2 is 2.00 bits per heavy atom. The summed E-state index contributed by atoms with van der Waals surface area (Å²) >= 11 is 5.98. The molecule has 20 heavy (non-hydrogen) atoms. The lowest BCUT2D eigenvalue weighted by atomic mass is 9.90. The van der Waals surface area contributed by atoms with E-state index in [0.717, 1.165) is 31.0 Å². The summed E-state index contributed by atoms with van der Waals surface area (Å²) in [5.41, 5.74) is 7.41. The molecule has 1 fully saturated rings. The molecule has 1 saturated heterocycles. The second kappa shape index (κ2) is 6.44. The molecule has 0 aliphatic carbocycles. The van der Waals surface area contributed by atoms with Gasteiger partial charge in [0, 0.05) is 30.8 Å². The maximum atomic E-state index is 6.25. The highest BCUT2D eigenvalue weighted by Gasteiger charge is 2.35. The molecule has 0 saturated carbocycles. The van der Waals surface area contributed by atoms with Gasteiger partial charge in [0.05, 0.1) is 5.60 Å². The summed E-state index contributed by atoms with van der Waals surface area (Å²) < 4.78 is 5.69. The van der Waals surface area contributed by atoms with E-state index in [1.54, 1.807) is 7.11 Å². The fourth-order valence-corrected chi connectivity index (χ4v) is 3.28. The van der Waals surface area contributed by atoms with Crippen molar-refractivity contribution in [2.24, 2.45) is 5.73 Å². The average molecular weight is 297 g/mol. The number of benzene rings is 1. The smallest absolute Gasteiger partial charge is 0.0777 e. The minimum absolute atomic E-state index is 0.0652. The van der Waals surface area contributed by atoms with E-state index in [1.165, 1.54) is 5.56 Å². The topological polar surface area (TPSA) is 38.5 Å². The Morgan fingerprint density at radius 1 is 1.35 bits per heavy atom. The van der Waals surface area contributed by atoms with Crippen molar-refractivity contribution in [3.63, 3.8) is 0 Å². The highest BCUT2D eigenvalue weighted by atomic mass is 35.5. The van der Waals surface area contributed by atoms with Crippen molar-refractivity contribution in [2.45, 2.75) is 44.4 Å². The van der Waals surface area contributed by atoms with E-state index in [0.29, 0.717) is 0 Å². The molecule has 2 N–H and O–H groups in total. The summed E-state index contributed by atoms with van der Waals surface area (Å²) in [4.78, 5) is 2.45. The molecule has 1 aromatic carbocycles. The number of hydrogen-bond donors (Lipinski definition) is 1. The fraction of sp³-hybridized carbons (Fsp3) is 0.625. The number of likely N-dealkylation sites (tertiary alicyclic amines) is 1. The molecule has 1 aromatic rings. The van der Waals surface area contributed by atoms with E-state index in [4.69, 9.17) is 22.1 Å². The summed E-state index contributed by atoms with van der Waals surface area (Å²) in [6.45, 7) is 6.23. The van der Waals surface area contributed by atoms with Crippen molar-refractivity contribution in [2.75, 3.05) is 20.2 Å². The van der Waals surface area contributed by atoms with Gasteiger partial charge < -0.3 is 10.5 Å². The number of methoxy groups -OCH3 is 1. The summed E-state index contributed by atoms with van der Waals surface area (Å²) in [7, 11) is 1.80. The second-order valence-corrected chi connectivity index (χ2v) is 6.52. The van der Waals surface area contributed by atoms with E-state index in [1.807, 2.05) is 12.1 Å². The van der Waals surface area contributed by atoms with Crippen LogP contribution in [0.25, 0.3) is 0 Å². The number of piperidine rings is 1. The van der Waals surface area contributed by atoms with Crippen LogP contribution in [0, 0.1) is 0 Å². The molecule has 3 atom stereocenters. The van der Waals surface area contributed by atoms with Gasteiger partial charge in [0.25, 0.3) is 0 Å². The lowest BCUT2D eigenvalue weighted by Crippen LogP contribution is -2.51. The van der Waals surface area contributed by atoms with Crippen molar-refractivity contribution >= 4 is 11.6 Å². The van der Waals surface area contributed by atoms with Gasteiger partial charge in [-0.2, -0.15) is 0 Å². The Kier molecular flexibility index (Phi) is 5.08. The molecule has 1 aliphatic rings. The van der Waals surface area contributed by atoms with Gasteiger partial charge in [0.15, 0.2) is 0 Å². The van der Waals surface area contributed by atoms with Gasteiger partial charge in [0.1, 0.15) is 0 Å². The summed E-state index contributed by atoms with van der Waals surface area (Å²) in [5.74, 6) is 0. The van der Waals surface area contributed by atoms with Crippen LogP contribution in [-0.2, 0) is 4.74 Å². The standard InChI is InChI=1S/C16H25ClN2O/c1-12(18)15(13-5-7-14(17)8-6-13)19-10-4-9-16(2,11-19)20-3/h5-8,12,15H,4,9-11,18H2,1-3H3. The second-order valence-electron chi connectivity index (χ2n) is 6.08. The molecular formula is C16H25ClN2O. The third-order valence-electron chi connectivity index (χ3n) is 4.28. The van der Waals surface area contributed by atoms with Gasteiger partial charge in [-0.25, -0.2) is 0 Å². The zero-order chi connectivity index (χ0) is 14.8. The fourth-order valence-electron chi connectivity index (χ4n) is 3.15. The Morgan fingerprint density at radius 3 is 2.55 bits per heavy atom. The molecule has 3 unspecified atom stereocenters. The molecule has 0 spiro atoms. The van der Waals surface area contributed by atoms with Crippen LogP contribution in [0.3, 0.4) is 0 Å². The van der Waals surface area contributed by atoms with Crippen LogP contribution in [-0.4, -0.2) is 36.7 Å². The first kappa shape index (κ1) is 15.8. The van der Waals surface area contributed by atoms with Crippen LogP contribution in [0.15, 0.2) is 24.3 Å². The van der Waals surface area contributed by atoms with Gasteiger partial charge in [0.2, 0.25) is 0 Å². The number of halogens is 1.